The Morgan fingerprint density at radius 2 is 2.33 bits per heavy atom. The van der Waals surface area contributed by atoms with Gasteiger partial charge in [-0.25, -0.2) is 4.98 Å². The third-order valence-corrected chi connectivity index (χ3v) is 2.31. The monoisotopic (exact) mass is 203 g/mol. The van der Waals surface area contributed by atoms with Crippen LogP contribution >= 0.6 is 0 Å². The van der Waals surface area contributed by atoms with Crippen molar-refractivity contribution < 1.29 is 9.90 Å². The van der Waals surface area contributed by atoms with E-state index in [9.17, 15) is 9.90 Å². The fraction of sp³-hybridized carbons (Fsp3) is 0.273. The first-order chi connectivity index (χ1) is 7.24. The van der Waals surface area contributed by atoms with Gasteiger partial charge < -0.3 is 14.3 Å². The number of pyridine rings is 1. The molecule has 0 unspecified atom stereocenters. The Morgan fingerprint density at radius 1 is 1.53 bits per heavy atom. The molecule has 0 radical (unpaired) electrons. The average Bonchev–Trinajstić information content (AvgIpc) is 2.58. The first kappa shape index (κ1) is 9.71. The number of imidazole rings is 1. The molecule has 2 aromatic heterocycles. The van der Waals surface area contributed by atoms with Crippen molar-refractivity contribution in [2.24, 2.45) is 0 Å². The molecule has 0 saturated heterocycles. The van der Waals surface area contributed by atoms with Crippen molar-refractivity contribution in [1.29, 1.82) is 0 Å². The highest BCUT2D eigenvalue weighted by molar-refractivity contribution is 5.86. The van der Waals surface area contributed by atoms with Gasteiger partial charge in [0.15, 0.2) is 0 Å². The molecule has 2 aromatic rings. The molecule has 15 heavy (non-hydrogen) atoms. The molecular weight excluding hydrogens is 192 g/mol. The van der Waals surface area contributed by atoms with Crippen LogP contribution in [0.5, 0.6) is 0 Å². The van der Waals surface area contributed by atoms with Gasteiger partial charge in [0.05, 0.1) is 11.7 Å². The summed E-state index contributed by atoms with van der Waals surface area (Å²) in [6, 6.07) is 5.47. The van der Waals surface area contributed by atoms with E-state index in [2.05, 4.69) is 4.98 Å². The average molecular weight is 203 g/mol. The highest BCUT2D eigenvalue weighted by Crippen LogP contribution is 2.13. The lowest BCUT2D eigenvalue weighted by Crippen LogP contribution is -2.24. The van der Waals surface area contributed by atoms with Crippen LogP contribution in [-0.2, 0) is 6.42 Å². The molecule has 0 bridgehead atoms. The molecule has 0 N–H and O–H groups in total. The van der Waals surface area contributed by atoms with E-state index in [1.165, 1.54) is 0 Å². The molecule has 0 fully saturated rings. The van der Waals surface area contributed by atoms with E-state index in [0.29, 0.717) is 17.8 Å². The highest BCUT2D eigenvalue weighted by atomic mass is 16.4. The van der Waals surface area contributed by atoms with Crippen molar-refractivity contribution in [2.45, 2.75) is 19.8 Å². The number of aromatic carboxylic acids is 1. The fourth-order valence-corrected chi connectivity index (χ4v) is 1.69. The van der Waals surface area contributed by atoms with Crippen molar-refractivity contribution in [2.75, 3.05) is 0 Å². The minimum Gasteiger partial charge on any atom is -0.543 e. The Morgan fingerprint density at radius 3 is 3.00 bits per heavy atom. The Balaban J connectivity index is 2.68. The molecular formula is C11H11N2O2-. The third-order valence-electron chi connectivity index (χ3n) is 2.31. The first-order valence-electron chi connectivity index (χ1n) is 4.91. The zero-order valence-electron chi connectivity index (χ0n) is 8.43. The maximum Gasteiger partial charge on any atom is 0.137 e. The molecule has 0 aliphatic carbocycles. The van der Waals surface area contributed by atoms with Crippen molar-refractivity contribution >= 4 is 11.6 Å². The van der Waals surface area contributed by atoms with Crippen LogP contribution in [0.3, 0.4) is 0 Å². The minimum absolute atomic E-state index is 0.0584. The van der Waals surface area contributed by atoms with Gasteiger partial charge in [0.25, 0.3) is 0 Å². The number of nitrogens with zero attached hydrogens (tertiary/aromatic N) is 2. The number of aryl methyl sites for hydroxylation is 1. The van der Waals surface area contributed by atoms with Gasteiger partial charge in [-0.1, -0.05) is 19.4 Å². The third kappa shape index (κ3) is 1.58. The molecule has 0 aliphatic rings. The SMILES string of the molecule is CCCc1c(C(=O)[O-])nc2ccccn12. The fourth-order valence-electron chi connectivity index (χ4n) is 1.69. The number of rotatable bonds is 3. The number of fused-ring (bicyclic) bond motifs is 1. The summed E-state index contributed by atoms with van der Waals surface area (Å²) >= 11 is 0. The lowest BCUT2D eigenvalue weighted by molar-refractivity contribution is -0.255. The van der Waals surface area contributed by atoms with E-state index in [1.807, 2.05) is 25.3 Å². The lowest BCUT2D eigenvalue weighted by Gasteiger charge is -2.03. The zero-order chi connectivity index (χ0) is 10.8. The Hall–Kier alpha value is -1.84. The van der Waals surface area contributed by atoms with Gasteiger partial charge in [0.1, 0.15) is 11.3 Å². The van der Waals surface area contributed by atoms with E-state index in [4.69, 9.17) is 0 Å². The van der Waals surface area contributed by atoms with E-state index in [0.717, 1.165) is 6.42 Å². The standard InChI is InChI=1S/C11H12N2O2/c1-2-5-8-10(11(14)15)12-9-6-3-4-7-13(8)9/h3-4,6-7H,2,5H2,1H3,(H,14,15)/p-1. The quantitative estimate of drug-likeness (QED) is 0.736. The minimum atomic E-state index is -1.21. The van der Waals surface area contributed by atoms with Crippen LogP contribution in [0.4, 0.5) is 0 Å². The summed E-state index contributed by atoms with van der Waals surface area (Å²) in [6.45, 7) is 2.00. The van der Waals surface area contributed by atoms with Crippen LogP contribution in [0.1, 0.15) is 29.5 Å². The molecule has 0 spiro atoms. The van der Waals surface area contributed by atoms with Gasteiger partial charge in [-0.05, 0) is 18.6 Å². The second-order valence-electron chi connectivity index (χ2n) is 3.37. The molecule has 0 amide bonds. The topological polar surface area (TPSA) is 57.4 Å². The van der Waals surface area contributed by atoms with Crippen LogP contribution in [0, 0.1) is 0 Å². The smallest absolute Gasteiger partial charge is 0.137 e. The maximum atomic E-state index is 10.9. The predicted molar refractivity (Wildman–Crippen MR) is 53.5 cm³/mol. The second kappa shape index (κ2) is 3.73. The van der Waals surface area contributed by atoms with Gasteiger partial charge in [0.2, 0.25) is 0 Å². The Labute approximate surface area is 87.2 Å². The number of carbonyl (C=O) groups excluding carboxylic acids is 1. The van der Waals surface area contributed by atoms with Crippen molar-refractivity contribution in [3.8, 4) is 0 Å². The molecule has 0 atom stereocenters. The van der Waals surface area contributed by atoms with E-state index in [-0.39, 0.29) is 5.69 Å². The van der Waals surface area contributed by atoms with Crippen molar-refractivity contribution in [1.82, 2.24) is 9.38 Å². The van der Waals surface area contributed by atoms with Crippen LogP contribution in [-0.4, -0.2) is 15.4 Å². The molecule has 0 saturated carbocycles. The summed E-state index contributed by atoms with van der Waals surface area (Å²) in [5.74, 6) is -1.21. The Kier molecular flexibility index (Phi) is 2.41. The molecule has 4 heteroatoms. The molecule has 0 aromatic carbocycles. The summed E-state index contributed by atoms with van der Waals surface area (Å²) < 4.78 is 1.80. The van der Waals surface area contributed by atoms with Crippen molar-refractivity contribution in [3.05, 3.63) is 35.8 Å². The van der Waals surface area contributed by atoms with Gasteiger partial charge in [-0.15, -0.1) is 0 Å². The highest BCUT2D eigenvalue weighted by Gasteiger charge is 2.11. The summed E-state index contributed by atoms with van der Waals surface area (Å²) in [7, 11) is 0. The van der Waals surface area contributed by atoms with Crippen LogP contribution in [0.2, 0.25) is 0 Å². The molecule has 2 rings (SSSR count). The van der Waals surface area contributed by atoms with E-state index < -0.39 is 5.97 Å². The largest absolute Gasteiger partial charge is 0.543 e. The summed E-state index contributed by atoms with van der Waals surface area (Å²) in [4.78, 5) is 14.9. The van der Waals surface area contributed by atoms with Gasteiger partial charge in [-0.2, -0.15) is 0 Å². The number of carboxylic acid groups (broad SMARTS) is 1. The van der Waals surface area contributed by atoms with Crippen LogP contribution in [0.15, 0.2) is 24.4 Å². The molecule has 4 nitrogen and oxygen atoms in total. The lowest BCUT2D eigenvalue weighted by atomic mass is 10.2. The van der Waals surface area contributed by atoms with E-state index in [1.54, 1.807) is 10.5 Å². The number of hydrogen-bond acceptors (Lipinski definition) is 3. The summed E-state index contributed by atoms with van der Waals surface area (Å²) in [6.07, 6.45) is 3.39. The zero-order valence-corrected chi connectivity index (χ0v) is 8.43. The van der Waals surface area contributed by atoms with Gasteiger partial charge in [-0.3, -0.25) is 0 Å². The first-order valence-corrected chi connectivity index (χ1v) is 4.91. The maximum absolute atomic E-state index is 10.9. The van der Waals surface area contributed by atoms with Crippen LogP contribution < -0.4 is 5.11 Å². The summed E-state index contributed by atoms with van der Waals surface area (Å²) in [5.41, 5.74) is 1.43. The number of carbonyl (C=O) groups is 1. The van der Waals surface area contributed by atoms with E-state index >= 15 is 0 Å². The molecule has 0 aliphatic heterocycles. The van der Waals surface area contributed by atoms with Gasteiger partial charge >= 0.3 is 0 Å². The van der Waals surface area contributed by atoms with Crippen LogP contribution in [0.25, 0.3) is 5.65 Å². The van der Waals surface area contributed by atoms with Gasteiger partial charge in [0, 0.05) is 6.20 Å². The Bertz CT molecular complexity index is 502. The molecule has 78 valence electrons. The predicted octanol–water partition coefficient (Wildman–Crippen LogP) is 0.650. The second-order valence-corrected chi connectivity index (χ2v) is 3.37. The molecule has 2 heterocycles. The normalized spacial score (nSPS) is 10.7. The number of carboxylic acids is 1. The number of aromatic nitrogens is 2. The number of hydrogen-bond donors (Lipinski definition) is 0. The van der Waals surface area contributed by atoms with Crippen molar-refractivity contribution in [3.63, 3.8) is 0 Å². The summed E-state index contributed by atoms with van der Waals surface area (Å²) in [5, 5.41) is 10.9.